The van der Waals surface area contributed by atoms with Crippen LogP contribution in [0.1, 0.15) is 55.7 Å². The van der Waals surface area contributed by atoms with Crippen molar-refractivity contribution < 1.29 is 4.39 Å². The van der Waals surface area contributed by atoms with Crippen LogP contribution >= 0.6 is 0 Å². The van der Waals surface area contributed by atoms with Gasteiger partial charge < -0.3 is 5.32 Å². The van der Waals surface area contributed by atoms with Crippen LogP contribution in [0.15, 0.2) is 29.8 Å². The van der Waals surface area contributed by atoms with E-state index in [1.54, 1.807) is 6.07 Å². The van der Waals surface area contributed by atoms with E-state index in [1.165, 1.54) is 43.2 Å². The number of likely N-dealkylation sites (N-methyl/N-ethyl adjacent to an activating group) is 1. The molecule has 1 nitrogen and oxygen atoms in total. The molecule has 1 unspecified atom stereocenters. The van der Waals surface area contributed by atoms with Crippen molar-refractivity contribution in [2.24, 2.45) is 0 Å². The van der Waals surface area contributed by atoms with Crippen molar-refractivity contribution in [3.63, 3.8) is 0 Å². The van der Waals surface area contributed by atoms with Crippen molar-refractivity contribution >= 4 is 0 Å². The van der Waals surface area contributed by atoms with Crippen LogP contribution < -0.4 is 5.32 Å². The Labute approximate surface area is 115 Å². The zero-order chi connectivity index (χ0) is 13.7. The third kappa shape index (κ3) is 3.66. The normalized spacial score (nSPS) is 21.1. The largest absolute Gasteiger partial charge is 0.310 e. The summed E-state index contributed by atoms with van der Waals surface area (Å²) in [5.74, 6) is -0.120. The molecule has 1 N–H and O–H groups in total. The van der Waals surface area contributed by atoms with Crippen LogP contribution in [0.2, 0.25) is 0 Å². The first-order chi connectivity index (χ1) is 9.22. The first kappa shape index (κ1) is 14.3. The molecule has 0 aliphatic heterocycles. The topological polar surface area (TPSA) is 12.0 Å². The quantitative estimate of drug-likeness (QED) is 0.779. The van der Waals surface area contributed by atoms with E-state index in [0.717, 1.165) is 12.0 Å². The van der Waals surface area contributed by atoms with Gasteiger partial charge in [0.2, 0.25) is 0 Å². The molecular weight excluding hydrogens is 237 g/mol. The van der Waals surface area contributed by atoms with Gasteiger partial charge >= 0.3 is 0 Å². The molecule has 0 saturated carbocycles. The Kier molecular flexibility index (Phi) is 5.15. The molecule has 19 heavy (non-hydrogen) atoms. The smallest absolute Gasteiger partial charge is 0.126 e. The van der Waals surface area contributed by atoms with Crippen LogP contribution in [0.3, 0.4) is 0 Å². The molecule has 1 aromatic rings. The Morgan fingerprint density at radius 1 is 1.16 bits per heavy atom. The average Bonchev–Trinajstić information content (AvgIpc) is 2.36. The van der Waals surface area contributed by atoms with E-state index in [2.05, 4.69) is 11.4 Å². The van der Waals surface area contributed by atoms with Crippen LogP contribution in [-0.4, -0.2) is 7.05 Å². The molecule has 0 fully saturated rings. The van der Waals surface area contributed by atoms with Gasteiger partial charge in [-0.1, -0.05) is 36.6 Å². The number of allylic oxidation sites excluding steroid dienone is 1. The molecule has 1 aliphatic carbocycles. The van der Waals surface area contributed by atoms with Crippen molar-refractivity contribution in [2.75, 3.05) is 7.05 Å². The van der Waals surface area contributed by atoms with E-state index in [9.17, 15) is 4.39 Å². The molecule has 0 bridgehead atoms. The number of halogens is 1. The molecule has 0 heterocycles. The van der Waals surface area contributed by atoms with Crippen LogP contribution in [0.4, 0.5) is 4.39 Å². The van der Waals surface area contributed by atoms with Crippen molar-refractivity contribution in [3.8, 4) is 0 Å². The molecule has 0 amide bonds. The number of hydrogen-bond acceptors (Lipinski definition) is 1. The van der Waals surface area contributed by atoms with Crippen LogP contribution in [0.5, 0.6) is 0 Å². The molecule has 1 aromatic carbocycles. The highest BCUT2D eigenvalue weighted by Crippen LogP contribution is 2.29. The minimum Gasteiger partial charge on any atom is -0.310 e. The molecule has 2 rings (SSSR count). The van der Waals surface area contributed by atoms with Crippen molar-refractivity contribution in [1.29, 1.82) is 0 Å². The lowest BCUT2D eigenvalue weighted by molar-refractivity contribution is 0.571. The van der Waals surface area contributed by atoms with Crippen LogP contribution in [-0.2, 0) is 0 Å². The third-order valence-corrected chi connectivity index (χ3v) is 4.00. The number of aryl methyl sites for hydroxylation is 1. The van der Waals surface area contributed by atoms with Gasteiger partial charge in [0, 0.05) is 0 Å². The SMILES string of the molecule is CNC(/C1=C/CCCCCC1)c1ccc(F)c(C)c1. The standard InChI is InChI=1S/C17H24FN/c1-13-12-15(10-11-16(13)18)17(19-2)14-8-6-4-3-5-7-9-14/h8,10-12,17,19H,3-7,9H2,1-2H3/b14-8+. The number of nitrogens with one attached hydrogen (secondary N) is 1. The molecule has 2 heteroatoms. The van der Waals surface area contributed by atoms with Gasteiger partial charge in [0.1, 0.15) is 5.82 Å². The fourth-order valence-electron chi connectivity index (χ4n) is 2.89. The Balaban J connectivity index is 2.24. The number of benzene rings is 1. The second-order valence-electron chi connectivity index (χ2n) is 5.46. The van der Waals surface area contributed by atoms with E-state index >= 15 is 0 Å². The average molecular weight is 261 g/mol. The van der Waals surface area contributed by atoms with E-state index in [-0.39, 0.29) is 11.9 Å². The zero-order valence-corrected chi connectivity index (χ0v) is 12.0. The summed E-state index contributed by atoms with van der Waals surface area (Å²) in [6.45, 7) is 1.83. The van der Waals surface area contributed by atoms with E-state index < -0.39 is 0 Å². The van der Waals surface area contributed by atoms with Crippen LogP contribution in [0, 0.1) is 12.7 Å². The predicted molar refractivity (Wildman–Crippen MR) is 78.7 cm³/mol. The summed E-state index contributed by atoms with van der Waals surface area (Å²) in [6, 6.07) is 5.69. The van der Waals surface area contributed by atoms with Gasteiger partial charge in [-0.2, -0.15) is 0 Å². The summed E-state index contributed by atoms with van der Waals surface area (Å²) >= 11 is 0. The fraction of sp³-hybridized carbons (Fsp3) is 0.529. The van der Waals surface area contributed by atoms with E-state index in [0.29, 0.717) is 0 Å². The molecule has 1 atom stereocenters. The monoisotopic (exact) mass is 261 g/mol. The minimum absolute atomic E-state index is 0.120. The first-order valence-electron chi connectivity index (χ1n) is 7.34. The summed E-state index contributed by atoms with van der Waals surface area (Å²) < 4.78 is 13.4. The molecule has 104 valence electrons. The van der Waals surface area contributed by atoms with Gasteiger partial charge in [-0.3, -0.25) is 0 Å². The minimum atomic E-state index is -0.120. The summed E-state index contributed by atoms with van der Waals surface area (Å²) in [5, 5.41) is 3.39. The maximum Gasteiger partial charge on any atom is 0.126 e. The Morgan fingerprint density at radius 2 is 1.95 bits per heavy atom. The lowest BCUT2D eigenvalue weighted by atomic mass is 9.90. The molecule has 0 spiro atoms. The molecule has 0 radical (unpaired) electrons. The highest BCUT2D eigenvalue weighted by molar-refractivity contribution is 5.32. The first-order valence-corrected chi connectivity index (χ1v) is 7.34. The van der Waals surface area contributed by atoms with Gasteiger partial charge in [0.15, 0.2) is 0 Å². The molecular formula is C17H24FN. The van der Waals surface area contributed by atoms with E-state index in [4.69, 9.17) is 0 Å². The summed E-state index contributed by atoms with van der Waals surface area (Å²) in [6.07, 6.45) is 9.96. The number of rotatable bonds is 3. The fourth-order valence-corrected chi connectivity index (χ4v) is 2.89. The maximum atomic E-state index is 13.4. The summed E-state index contributed by atoms with van der Waals surface area (Å²) in [5.41, 5.74) is 3.37. The number of hydrogen-bond donors (Lipinski definition) is 1. The van der Waals surface area contributed by atoms with Crippen molar-refractivity contribution in [2.45, 2.75) is 51.5 Å². The van der Waals surface area contributed by atoms with Crippen molar-refractivity contribution in [1.82, 2.24) is 5.32 Å². The lowest BCUT2D eigenvalue weighted by Crippen LogP contribution is -2.19. The van der Waals surface area contributed by atoms with Gasteiger partial charge in [-0.15, -0.1) is 0 Å². The Bertz CT molecular complexity index is 451. The third-order valence-electron chi connectivity index (χ3n) is 4.00. The van der Waals surface area contributed by atoms with Gasteiger partial charge in [0.05, 0.1) is 6.04 Å². The second-order valence-corrected chi connectivity index (χ2v) is 5.46. The summed E-state index contributed by atoms with van der Waals surface area (Å²) in [7, 11) is 1.99. The zero-order valence-electron chi connectivity index (χ0n) is 12.0. The highest BCUT2D eigenvalue weighted by atomic mass is 19.1. The highest BCUT2D eigenvalue weighted by Gasteiger charge is 2.16. The lowest BCUT2D eigenvalue weighted by Gasteiger charge is -2.22. The Hall–Kier alpha value is -1.15. The summed E-state index contributed by atoms with van der Waals surface area (Å²) in [4.78, 5) is 0. The second kappa shape index (κ2) is 6.85. The van der Waals surface area contributed by atoms with E-state index in [1.807, 2.05) is 26.1 Å². The Morgan fingerprint density at radius 3 is 2.68 bits per heavy atom. The predicted octanol–water partition coefficient (Wildman–Crippen LogP) is 4.68. The van der Waals surface area contributed by atoms with Crippen molar-refractivity contribution in [3.05, 3.63) is 46.8 Å². The maximum absolute atomic E-state index is 13.4. The van der Waals surface area contributed by atoms with Gasteiger partial charge in [-0.25, -0.2) is 4.39 Å². The molecule has 0 saturated heterocycles. The van der Waals surface area contributed by atoms with Crippen LogP contribution in [0.25, 0.3) is 0 Å². The molecule has 0 aromatic heterocycles. The van der Waals surface area contributed by atoms with Gasteiger partial charge in [-0.05, 0) is 56.8 Å². The molecule has 1 aliphatic rings. The van der Waals surface area contributed by atoms with Gasteiger partial charge in [0.25, 0.3) is 0 Å².